The number of nitrogen functional groups attached to an aromatic ring is 1. The minimum atomic E-state index is -0.0160. The molecule has 4 rings (SSSR count). The van der Waals surface area contributed by atoms with Gasteiger partial charge in [-0.2, -0.15) is 0 Å². The van der Waals surface area contributed by atoms with Crippen molar-refractivity contribution in [1.29, 1.82) is 0 Å². The first kappa shape index (κ1) is 19.2. The van der Waals surface area contributed by atoms with E-state index >= 15 is 0 Å². The van der Waals surface area contributed by atoms with Crippen LogP contribution in [-0.2, 0) is 0 Å². The highest BCUT2D eigenvalue weighted by molar-refractivity contribution is 6.34. The topological polar surface area (TPSA) is 81.1 Å². The van der Waals surface area contributed by atoms with Crippen LogP contribution in [-0.4, -0.2) is 28.6 Å². The lowest BCUT2D eigenvalue weighted by atomic mass is 10.00. The number of anilines is 2. The van der Waals surface area contributed by atoms with Crippen LogP contribution in [0.1, 0.15) is 25.3 Å². The van der Waals surface area contributed by atoms with Crippen molar-refractivity contribution in [3.63, 3.8) is 0 Å². The van der Waals surface area contributed by atoms with Gasteiger partial charge in [0.15, 0.2) is 5.82 Å². The Labute approximate surface area is 165 Å². The van der Waals surface area contributed by atoms with Crippen molar-refractivity contribution in [3.8, 4) is 11.3 Å². The molecule has 4 N–H and O–H groups in total. The summed E-state index contributed by atoms with van der Waals surface area (Å²) in [7, 11) is 0. The van der Waals surface area contributed by atoms with Crippen LogP contribution >= 0.6 is 24.0 Å². The molecule has 3 atom stereocenters. The zero-order chi connectivity index (χ0) is 17.8. The molecule has 1 aromatic carbocycles. The lowest BCUT2D eigenvalue weighted by Gasteiger charge is -2.23. The summed E-state index contributed by atoms with van der Waals surface area (Å²) in [6, 6.07) is 5.85. The smallest absolute Gasteiger partial charge is 0.152 e. The Kier molecular flexibility index (Phi) is 5.08. The quantitative estimate of drug-likeness (QED) is 0.812. The van der Waals surface area contributed by atoms with Gasteiger partial charge in [-0.15, -0.1) is 12.4 Å². The first-order chi connectivity index (χ1) is 11.8. The fourth-order valence-electron chi connectivity index (χ4n) is 4.45. The molecule has 1 aliphatic carbocycles. The number of halogens is 2. The van der Waals surface area contributed by atoms with Crippen molar-refractivity contribution in [1.82, 2.24) is 9.97 Å². The Hall–Kier alpha value is -1.56. The zero-order valence-corrected chi connectivity index (χ0v) is 16.6. The van der Waals surface area contributed by atoms with Gasteiger partial charge in [-0.05, 0) is 44.1 Å². The summed E-state index contributed by atoms with van der Waals surface area (Å²) in [6.45, 7) is 6.10. The van der Waals surface area contributed by atoms with E-state index in [1.54, 1.807) is 0 Å². The molecule has 0 radical (unpaired) electrons. The van der Waals surface area contributed by atoms with E-state index in [9.17, 15) is 0 Å². The number of aromatic nitrogens is 2. The van der Waals surface area contributed by atoms with Crippen LogP contribution in [0, 0.1) is 18.8 Å². The van der Waals surface area contributed by atoms with Crippen LogP contribution in [0.5, 0.6) is 0 Å². The Morgan fingerprint density at radius 1 is 1.23 bits per heavy atom. The fraction of sp³-hybridized carbons (Fsp3) is 0.474. The number of rotatable bonds is 2. The van der Waals surface area contributed by atoms with Gasteiger partial charge < -0.3 is 16.4 Å². The number of nitrogens with zero attached hydrogens (tertiary/aromatic N) is 3. The largest absolute Gasteiger partial charge is 0.382 e. The molecule has 2 aromatic rings. The minimum absolute atomic E-state index is 0. The number of benzene rings is 1. The van der Waals surface area contributed by atoms with Gasteiger partial charge in [0, 0.05) is 24.2 Å². The van der Waals surface area contributed by atoms with E-state index in [0.717, 1.165) is 42.9 Å². The van der Waals surface area contributed by atoms with Crippen molar-refractivity contribution in [2.75, 3.05) is 23.7 Å². The van der Waals surface area contributed by atoms with Crippen LogP contribution in [0.15, 0.2) is 24.4 Å². The maximum Gasteiger partial charge on any atom is 0.152 e. The standard InChI is InChI=1S/C19H24ClN5.ClH/c1-11-4-3-5-14(16(11)20)17-18(21)24-15(8-23-17)25-9-12-6-19(2,22)7-13(12)10-25;/h3-5,8,12-13H,6-7,9-10,22H2,1-2H3,(H2,21,24);1H/t12-,13+,19+;. The zero-order valence-electron chi connectivity index (χ0n) is 15.1. The lowest BCUT2D eigenvalue weighted by Crippen LogP contribution is -2.35. The summed E-state index contributed by atoms with van der Waals surface area (Å²) >= 11 is 6.41. The SMILES string of the molecule is Cc1cccc(-c2ncc(N3C[C@@H]4C[C@@](C)(N)C[C@@H]4C3)nc2N)c1Cl.Cl. The summed E-state index contributed by atoms with van der Waals surface area (Å²) in [6.07, 6.45) is 3.97. The Morgan fingerprint density at radius 3 is 2.50 bits per heavy atom. The first-order valence-electron chi connectivity index (χ1n) is 8.76. The Balaban J connectivity index is 0.00000196. The number of hydrogen-bond acceptors (Lipinski definition) is 5. The van der Waals surface area contributed by atoms with Gasteiger partial charge in [-0.3, -0.25) is 0 Å². The number of hydrogen-bond donors (Lipinski definition) is 2. The van der Waals surface area contributed by atoms with Gasteiger partial charge in [-0.25, -0.2) is 9.97 Å². The van der Waals surface area contributed by atoms with Gasteiger partial charge in [0.05, 0.1) is 11.2 Å². The fourth-order valence-corrected chi connectivity index (χ4v) is 4.67. The molecule has 0 spiro atoms. The highest BCUT2D eigenvalue weighted by atomic mass is 35.5. The van der Waals surface area contributed by atoms with Crippen LogP contribution in [0.2, 0.25) is 5.02 Å². The first-order valence-corrected chi connectivity index (χ1v) is 9.14. The van der Waals surface area contributed by atoms with Crippen molar-refractivity contribution >= 4 is 35.6 Å². The normalized spacial score (nSPS) is 27.3. The summed E-state index contributed by atoms with van der Waals surface area (Å²) in [5, 5.41) is 0.675. The van der Waals surface area contributed by atoms with Gasteiger partial charge in [0.25, 0.3) is 0 Å². The third-order valence-electron chi connectivity index (χ3n) is 5.59. The van der Waals surface area contributed by atoms with Crippen LogP contribution in [0.25, 0.3) is 11.3 Å². The van der Waals surface area contributed by atoms with Crippen LogP contribution in [0.3, 0.4) is 0 Å². The van der Waals surface area contributed by atoms with Gasteiger partial charge in [-0.1, -0.05) is 29.8 Å². The molecule has 0 bridgehead atoms. The molecule has 1 aliphatic heterocycles. The van der Waals surface area contributed by atoms with E-state index in [1.165, 1.54) is 0 Å². The second-order valence-electron chi connectivity index (χ2n) is 7.89. The van der Waals surface area contributed by atoms with E-state index in [1.807, 2.05) is 31.3 Å². The summed E-state index contributed by atoms with van der Waals surface area (Å²) in [4.78, 5) is 11.5. The van der Waals surface area contributed by atoms with Gasteiger partial charge in [0.2, 0.25) is 0 Å². The number of aryl methyl sites for hydroxylation is 1. The van der Waals surface area contributed by atoms with E-state index in [0.29, 0.717) is 28.4 Å². The second kappa shape index (κ2) is 6.87. The van der Waals surface area contributed by atoms with Gasteiger partial charge >= 0.3 is 0 Å². The van der Waals surface area contributed by atoms with Gasteiger partial charge in [0.1, 0.15) is 11.5 Å². The summed E-state index contributed by atoms with van der Waals surface area (Å²) in [5.41, 5.74) is 15.0. The molecule has 0 amide bonds. The molecule has 7 heteroatoms. The molecule has 1 aromatic heterocycles. The van der Waals surface area contributed by atoms with Crippen molar-refractivity contribution < 1.29 is 0 Å². The third-order valence-corrected chi connectivity index (χ3v) is 6.09. The monoisotopic (exact) mass is 393 g/mol. The lowest BCUT2D eigenvalue weighted by molar-refractivity contribution is 0.449. The van der Waals surface area contributed by atoms with Crippen LogP contribution < -0.4 is 16.4 Å². The molecular weight excluding hydrogens is 369 g/mol. The maximum absolute atomic E-state index is 6.41. The molecule has 2 fully saturated rings. The average molecular weight is 394 g/mol. The number of fused-ring (bicyclic) bond motifs is 1. The molecule has 2 aliphatic rings. The molecule has 0 unspecified atom stereocenters. The van der Waals surface area contributed by atoms with Crippen molar-refractivity contribution in [2.45, 2.75) is 32.2 Å². The van der Waals surface area contributed by atoms with E-state index in [-0.39, 0.29) is 17.9 Å². The average Bonchev–Trinajstić information content (AvgIpc) is 3.04. The van der Waals surface area contributed by atoms with Crippen molar-refractivity contribution in [3.05, 3.63) is 35.0 Å². The molecule has 1 saturated heterocycles. The number of nitrogens with two attached hydrogens (primary N) is 2. The predicted molar refractivity (Wildman–Crippen MR) is 110 cm³/mol. The molecular formula is C19H25Cl2N5. The highest BCUT2D eigenvalue weighted by Gasteiger charge is 2.45. The minimum Gasteiger partial charge on any atom is -0.382 e. The predicted octanol–water partition coefficient (Wildman–Crippen LogP) is 3.67. The summed E-state index contributed by atoms with van der Waals surface area (Å²) < 4.78 is 0. The third kappa shape index (κ3) is 3.36. The maximum atomic E-state index is 6.41. The Morgan fingerprint density at radius 2 is 1.88 bits per heavy atom. The molecule has 1 saturated carbocycles. The molecule has 5 nitrogen and oxygen atoms in total. The molecule has 140 valence electrons. The van der Waals surface area contributed by atoms with Crippen molar-refractivity contribution in [2.24, 2.45) is 17.6 Å². The van der Waals surface area contributed by atoms with E-state index in [4.69, 9.17) is 23.1 Å². The Bertz CT molecular complexity index is 808. The highest BCUT2D eigenvalue weighted by Crippen LogP contribution is 2.43. The van der Waals surface area contributed by atoms with Crippen LogP contribution in [0.4, 0.5) is 11.6 Å². The second-order valence-corrected chi connectivity index (χ2v) is 8.26. The summed E-state index contributed by atoms with van der Waals surface area (Å²) in [5.74, 6) is 2.55. The van der Waals surface area contributed by atoms with E-state index in [2.05, 4.69) is 21.8 Å². The van der Waals surface area contributed by atoms with E-state index < -0.39 is 0 Å². The molecule has 2 heterocycles. The molecule has 26 heavy (non-hydrogen) atoms.